The molecule has 158 valence electrons. The average molecular weight is 421 g/mol. The predicted molar refractivity (Wildman–Crippen MR) is 129 cm³/mol. The fourth-order valence-corrected chi connectivity index (χ4v) is 4.14. The van der Waals surface area contributed by atoms with E-state index in [2.05, 4.69) is 97.3 Å². The second-order valence-corrected chi connectivity index (χ2v) is 8.32. The third-order valence-corrected chi connectivity index (χ3v) is 5.90. The zero-order chi connectivity index (χ0) is 22.2. The third kappa shape index (κ3) is 3.52. The molecule has 0 spiro atoms. The Morgan fingerprint density at radius 1 is 0.938 bits per heavy atom. The van der Waals surface area contributed by atoms with Gasteiger partial charge in [0, 0.05) is 17.7 Å². The van der Waals surface area contributed by atoms with Gasteiger partial charge in [0.15, 0.2) is 6.20 Å². The Labute approximate surface area is 188 Å². The third-order valence-electron chi connectivity index (χ3n) is 5.90. The molecule has 0 atom stereocenters. The van der Waals surface area contributed by atoms with Gasteiger partial charge in [-0.25, -0.2) is 9.67 Å². The highest BCUT2D eigenvalue weighted by atomic mass is 15.3. The molecule has 0 radical (unpaired) electrons. The van der Waals surface area contributed by atoms with E-state index in [1.165, 1.54) is 11.1 Å². The standard InChI is InChI=1S/C27H25N5/c1-18-9-11-21(12-10-18)17-32-27(28)23(16-29-32)30-25-20(3)26(22-7-5-4-6-8-22)31-14-13-19(2)15-24(25)31/h4-16,28H,17H2,1-3H3/p+1. The van der Waals surface area contributed by atoms with Crippen LogP contribution < -0.4 is 10.3 Å². The minimum Gasteiger partial charge on any atom is -0.382 e. The summed E-state index contributed by atoms with van der Waals surface area (Å²) in [5.74, 6) is 0.568. The zero-order valence-electron chi connectivity index (χ0n) is 18.6. The molecule has 5 heteroatoms. The molecule has 4 aromatic rings. The van der Waals surface area contributed by atoms with Gasteiger partial charge < -0.3 is 5.73 Å². The number of pyridine rings is 1. The van der Waals surface area contributed by atoms with Crippen LogP contribution >= 0.6 is 0 Å². The van der Waals surface area contributed by atoms with Crippen molar-refractivity contribution in [3.8, 4) is 0 Å². The quantitative estimate of drug-likeness (QED) is 0.481. The summed E-state index contributed by atoms with van der Waals surface area (Å²) in [6.07, 6.45) is 3.87. The lowest BCUT2D eigenvalue weighted by molar-refractivity contribution is -0.578. The van der Waals surface area contributed by atoms with Crippen molar-refractivity contribution in [2.75, 3.05) is 5.73 Å². The summed E-state index contributed by atoms with van der Waals surface area (Å²) in [4.78, 5) is 5.00. The number of nitrogens with two attached hydrogens (primary N) is 1. The number of nitrogens with zero attached hydrogens (tertiary/aromatic N) is 4. The highest BCUT2D eigenvalue weighted by molar-refractivity contribution is 6.17. The lowest BCUT2D eigenvalue weighted by Gasteiger charge is -2.05. The molecule has 0 unspecified atom stereocenters. The van der Waals surface area contributed by atoms with Crippen LogP contribution in [0.1, 0.15) is 34.9 Å². The molecule has 5 rings (SSSR count). The van der Waals surface area contributed by atoms with Crippen LogP contribution in [0.4, 0.5) is 11.5 Å². The maximum absolute atomic E-state index is 6.47. The topological polar surface area (TPSA) is 60.1 Å². The monoisotopic (exact) mass is 420 g/mol. The zero-order valence-corrected chi connectivity index (χ0v) is 18.6. The minimum atomic E-state index is 0.568. The minimum absolute atomic E-state index is 0.568. The lowest BCUT2D eigenvalue weighted by atomic mass is 10.1. The molecule has 1 aliphatic rings. The van der Waals surface area contributed by atoms with Crippen LogP contribution in [0, 0.1) is 13.8 Å². The molecule has 5 nitrogen and oxygen atoms in total. The van der Waals surface area contributed by atoms with Gasteiger partial charge in [-0.15, -0.1) is 0 Å². The van der Waals surface area contributed by atoms with Crippen LogP contribution in [0.3, 0.4) is 0 Å². The van der Waals surface area contributed by atoms with Crippen molar-refractivity contribution in [2.24, 2.45) is 4.99 Å². The molecular weight excluding hydrogens is 394 g/mol. The van der Waals surface area contributed by atoms with Crippen molar-refractivity contribution < 1.29 is 4.57 Å². The van der Waals surface area contributed by atoms with Crippen molar-refractivity contribution in [1.29, 1.82) is 0 Å². The summed E-state index contributed by atoms with van der Waals surface area (Å²) in [6, 6.07) is 23.1. The van der Waals surface area contributed by atoms with Crippen LogP contribution in [0.25, 0.3) is 5.70 Å². The number of benzene rings is 2. The van der Waals surface area contributed by atoms with E-state index in [0.717, 1.165) is 33.8 Å². The van der Waals surface area contributed by atoms with Gasteiger partial charge in [0.2, 0.25) is 11.4 Å². The van der Waals surface area contributed by atoms with E-state index in [4.69, 9.17) is 10.7 Å². The molecule has 2 aromatic heterocycles. The second kappa shape index (κ2) is 7.93. The molecule has 1 aliphatic heterocycles. The Balaban J connectivity index is 1.58. The predicted octanol–water partition coefficient (Wildman–Crippen LogP) is 4.83. The first kappa shape index (κ1) is 19.9. The van der Waals surface area contributed by atoms with Crippen LogP contribution in [0.2, 0.25) is 0 Å². The first-order valence-corrected chi connectivity index (χ1v) is 10.8. The van der Waals surface area contributed by atoms with E-state index >= 15 is 0 Å². The van der Waals surface area contributed by atoms with Crippen LogP contribution in [0.15, 0.2) is 89.7 Å². The molecule has 2 aromatic carbocycles. The maximum Gasteiger partial charge on any atom is 0.237 e. The summed E-state index contributed by atoms with van der Waals surface area (Å²) in [6.45, 7) is 6.92. The Bertz CT molecular complexity index is 1360. The smallest absolute Gasteiger partial charge is 0.237 e. The molecular formula is C27H26N5+. The molecule has 0 fully saturated rings. The molecule has 2 N–H and O–H groups in total. The van der Waals surface area contributed by atoms with Crippen LogP contribution in [-0.4, -0.2) is 15.5 Å². The first-order chi connectivity index (χ1) is 15.5. The number of anilines is 1. The van der Waals surface area contributed by atoms with Crippen molar-refractivity contribution in [2.45, 2.75) is 27.3 Å². The van der Waals surface area contributed by atoms with Gasteiger partial charge in [0.1, 0.15) is 17.2 Å². The number of aryl methyl sites for hydroxylation is 2. The average Bonchev–Trinajstić information content (AvgIpc) is 3.27. The largest absolute Gasteiger partial charge is 0.382 e. The van der Waals surface area contributed by atoms with Gasteiger partial charge in [-0.1, -0.05) is 48.0 Å². The molecule has 32 heavy (non-hydrogen) atoms. The van der Waals surface area contributed by atoms with E-state index in [1.807, 2.05) is 6.07 Å². The number of aromatic nitrogens is 3. The number of hydrogen-bond donors (Lipinski definition) is 1. The lowest BCUT2D eigenvalue weighted by Crippen LogP contribution is -2.34. The number of allylic oxidation sites excluding steroid dienone is 1. The summed E-state index contributed by atoms with van der Waals surface area (Å²) in [5.41, 5.74) is 16.1. The van der Waals surface area contributed by atoms with Gasteiger partial charge in [0.25, 0.3) is 0 Å². The Morgan fingerprint density at radius 3 is 2.44 bits per heavy atom. The maximum atomic E-state index is 6.47. The fourth-order valence-electron chi connectivity index (χ4n) is 4.14. The van der Waals surface area contributed by atoms with E-state index in [9.17, 15) is 0 Å². The van der Waals surface area contributed by atoms with Crippen LogP contribution in [-0.2, 0) is 6.54 Å². The first-order valence-electron chi connectivity index (χ1n) is 10.8. The molecule has 3 heterocycles. The molecule has 0 aliphatic carbocycles. The van der Waals surface area contributed by atoms with Gasteiger partial charge >= 0.3 is 0 Å². The van der Waals surface area contributed by atoms with E-state index in [-0.39, 0.29) is 0 Å². The van der Waals surface area contributed by atoms with Gasteiger partial charge in [-0.05, 0) is 44.0 Å². The molecule has 0 bridgehead atoms. The van der Waals surface area contributed by atoms with E-state index < -0.39 is 0 Å². The number of fused-ring (bicyclic) bond motifs is 1. The Hall–Kier alpha value is -3.99. The number of aliphatic imine (C=N–C) groups is 1. The van der Waals surface area contributed by atoms with Gasteiger partial charge in [0.05, 0.1) is 18.3 Å². The number of nitrogen functional groups attached to an aromatic ring is 1. The molecule has 0 saturated carbocycles. The number of hydrogen-bond acceptors (Lipinski definition) is 3. The second-order valence-electron chi connectivity index (χ2n) is 8.32. The van der Waals surface area contributed by atoms with Crippen molar-refractivity contribution >= 4 is 22.9 Å². The van der Waals surface area contributed by atoms with Crippen molar-refractivity contribution in [1.82, 2.24) is 9.78 Å². The summed E-state index contributed by atoms with van der Waals surface area (Å²) in [5, 5.41) is 4.51. The highest BCUT2D eigenvalue weighted by Crippen LogP contribution is 2.30. The van der Waals surface area contributed by atoms with Gasteiger partial charge in [-0.3, -0.25) is 0 Å². The molecule has 0 amide bonds. The SMILES string of the molecule is CC1=C(c2ccccc2)[n+]2ccc(C)cc2/C1=N/c1cnn(Cc2ccc(C)cc2)c1N. The number of rotatable bonds is 4. The fraction of sp³-hybridized carbons (Fsp3) is 0.148. The van der Waals surface area contributed by atoms with Crippen molar-refractivity contribution in [3.05, 3.63) is 113 Å². The van der Waals surface area contributed by atoms with E-state index in [1.54, 1.807) is 10.9 Å². The van der Waals surface area contributed by atoms with Crippen molar-refractivity contribution in [3.63, 3.8) is 0 Å². The Kier molecular flexibility index (Phi) is 4.94. The Morgan fingerprint density at radius 2 is 1.69 bits per heavy atom. The van der Waals surface area contributed by atoms with Gasteiger partial charge in [-0.2, -0.15) is 9.67 Å². The van der Waals surface area contributed by atoms with Crippen LogP contribution in [0.5, 0.6) is 0 Å². The molecule has 0 saturated heterocycles. The summed E-state index contributed by atoms with van der Waals surface area (Å²) < 4.78 is 4.02. The van der Waals surface area contributed by atoms with E-state index in [0.29, 0.717) is 18.1 Å². The summed E-state index contributed by atoms with van der Waals surface area (Å²) in [7, 11) is 0. The normalized spacial score (nSPS) is 14.3. The summed E-state index contributed by atoms with van der Waals surface area (Å²) >= 11 is 0. The highest BCUT2D eigenvalue weighted by Gasteiger charge is 2.35.